The molecule has 0 atom stereocenters. The first-order valence-corrected chi connectivity index (χ1v) is 8.63. The number of carbonyl (C=O) groups excluding carboxylic acids is 1. The smallest absolute Gasteiger partial charge is 0.349 e. The number of alkyl halides is 1. The molecule has 0 amide bonds. The molecule has 1 aromatic carbocycles. The third kappa shape index (κ3) is 7.18. The molecule has 0 fully saturated rings. The first kappa shape index (κ1) is 18.3. The Bertz CT molecular complexity index is 432. The minimum absolute atomic E-state index is 0.349. The van der Waals surface area contributed by atoms with Gasteiger partial charge < -0.3 is 9.47 Å². The molecule has 118 valence electrons. The van der Waals surface area contributed by atoms with Crippen LogP contribution in [0.4, 0.5) is 0 Å². The zero-order valence-corrected chi connectivity index (χ0v) is 14.9. The summed E-state index contributed by atoms with van der Waals surface area (Å²) in [6, 6.07) is 6.92. The molecule has 0 bridgehead atoms. The topological polar surface area (TPSA) is 35.5 Å². The van der Waals surface area contributed by atoms with Crippen molar-refractivity contribution in [3.05, 3.63) is 29.3 Å². The van der Waals surface area contributed by atoms with Gasteiger partial charge >= 0.3 is 5.97 Å². The molecule has 3 nitrogen and oxygen atoms in total. The summed E-state index contributed by atoms with van der Waals surface area (Å²) >= 11 is 9.21. The summed E-state index contributed by atoms with van der Waals surface area (Å²) in [7, 11) is 0. The van der Waals surface area contributed by atoms with Crippen molar-refractivity contribution in [2.24, 2.45) is 0 Å². The van der Waals surface area contributed by atoms with Gasteiger partial charge in [-0.1, -0.05) is 40.4 Å². The lowest BCUT2D eigenvalue weighted by molar-refractivity contribution is -0.159. The average Bonchev–Trinajstić information content (AvgIpc) is 2.44. The Labute approximate surface area is 140 Å². The number of ether oxygens (including phenoxy) is 2. The fraction of sp³-hybridized carbons (Fsp3) is 0.562. The number of halogens is 2. The molecule has 0 aliphatic heterocycles. The van der Waals surface area contributed by atoms with Crippen molar-refractivity contribution in [1.29, 1.82) is 0 Å². The van der Waals surface area contributed by atoms with Crippen LogP contribution in [-0.2, 0) is 9.53 Å². The Balaban J connectivity index is 2.35. The predicted molar refractivity (Wildman–Crippen MR) is 89.4 cm³/mol. The van der Waals surface area contributed by atoms with E-state index in [9.17, 15) is 4.79 Å². The summed E-state index contributed by atoms with van der Waals surface area (Å²) in [4.78, 5) is 12.0. The maximum atomic E-state index is 12.0. The van der Waals surface area contributed by atoms with E-state index in [0.717, 1.165) is 31.0 Å². The van der Waals surface area contributed by atoms with Crippen LogP contribution in [0.5, 0.6) is 5.75 Å². The standard InChI is InChI=1S/C16H22BrClO3/c1-16(2,21-14-9-7-13(18)8-10-14)15(19)20-12-6-4-3-5-11-17/h7-10H,3-6,11-12H2,1-2H3. The molecule has 0 saturated carbocycles. The second-order valence-corrected chi connectivity index (χ2v) is 6.53. The highest BCUT2D eigenvalue weighted by molar-refractivity contribution is 9.09. The number of carbonyl (C=O) groups is 1. The van der Waals surface area contributed by atoms with Crippen LogP contribution < -0.4 is 4.74 Å². The molecule has 5 heteroatoms. The van der Waals surface area contributed by atoms with Crippen LogP contribution in [0.15, 0.2) is 24.3 Å². The van der Waals surface area contributed by atoms with E-state index in [0.29, 0.717) is 17.4 Å². The lowest BCUT2D eigenvalue weighted by Gasteiger charge is -2.24. The van der Waals surface area contributed by atoms with E-state index in [1.165, 1.54) is 0 Å². The Morgan fingerprint density at radius 3 is 2.38 bits per heavy atom. The third-order valence-corrected chi connectivity index (χ3v) is 3.75. The van der Waals surface area contributed by atoms with E-state index in [4.69, 9.17) is 21.1 Å². The molecule has 0 aliphatic carbocycles. The first-order chi connectivity index (χ1) is 9.95. The molecular weight excluding hydrogens is 356 g/mol. The van der Waals surface area contributed by atoms with Gasteiger partial charge in [-0.05, 0) is 51.0 Å². The molecular formula is C16H22BrClO3. The molecule has 0 unspecified atom stereocenters. The summed E-state index contributed by atoms with van der Waals surface area (Å²) in [6.07, 6.45) is 4.25. The summed E-state index contributed by atoms with van der Waals surface area (Å²) < 4.78 is 11.0. The summed E-state index contributed by atoms with van der Waals surface area (Å²) in [5, 5.41) is 1.65. The van der Waals surface area contributed by atoms with Crippen LogP contribution in [0.1, 0.15) is 39.5 Å². The Morgan fingerprint density at radius 2 is 1.76 bits per heavy atom. The third-order valence-electron chi connectivity index (χ3n) is 2.94. The average molecular weight is 378 g/mol. The van der Waals surface area contributed by atoms with Crippen LogP contribution in [0.2, 0.25) is 5.02 Å². The maximum absolute atomic E-state index is 12.0. The van der Waals surface area contributed by atoms with Crippen molar-refractivity contribution >= 4 is 33.5 Å². The highest BCUT2D eigenvalue weighted by Crippen LogP contribution is 2.21. The van der Waals surface area contributed by atoms with Crippen LogP contribution in [0.3, 0.4) is 0 Å². The Kier molecular flexibility index (Phi) is 8.12. The van der Waals surface area contributed by atoms with Gasteiger partial charge in [-0.3, -0.25) is 0 Å². The lowest BCUT2D eigenvalue weighted by atomic mass is 10.1. The Morgan fingerprint density at radius 1 is 1.14 bits per heavy atom. The van der Waals surface area contributed by atoms with Crippen molar-refractivity contribution in [2.75, 3.05) is 11.9 Å². The zero-order valence-electron chi connectivity index (χ0n) is 12.5. The van der Waals surface area contributed by atoms with E-state index in [1.807, 2.05) is 0 Å². The van der Waals surface area contributed by atoms with Gasteiger partial charge in [0.25, 0.3) is 0 Å². The van der Waals surface area contributed by atoms with Gasteiger partial charge in [0.15, 0.2) is 5.60 Å². The van der Waals surface area contributed by atoms with Crippen molar-refractivity contribution in [1.82, 2.24) is 0 Å². The second kappa shape index (κ2) is 9.31. The molecule has 0 aromatic heterocycles. The molecule has 0 heterocycles. The summed E-state index contributed by atoms with van der Waals surface area (Å²) in [5.74, 6) is 0.247. The molecule has 0 aliphatic rings. The molecule has 1 aromatic rings. The molecule has 0 radical (unpaired) electrons. The van der Waals surface area contributed by atoms with Gasteiger partial charge in [0.2, 0.25) is 0 Å². The molecule has 0 N–H and O–H groups in total. The van der Waals surface area contributed by atoms with Crippen LogP contribution in [0, 0.1) is 0 Å². The number of hydrogen-bond donors (Lipinski definition) is 0. The number of benzene rings is 1. The highest BCUT2D eigenvalue weighted by atomic mass is 79.9. The molecule has 0 spiro atoms. The van der Waals surface area contributed by atoms with Gasteiger partial charge in [0.1, 0.15) is 5.75 Å². The minimum atomic E-state index is -1.01. The van der Waals surface area contributed by atoms with Crippen molar-refractivity contribution < 1.29 is 14.3 Å². The minimum Gasteiger partial charge on any atom is -0.476 e. The van der Waals surface area contributed by atoms with Crippen LogP contribution >= 0.6 is 27.5 Å². The SMILES string of the molecule is CC(C)(Oc1ccc(Cl)cc1)C(=O)OCCCCCCBr. The van der Waals surface area contributed by atoms with Gasteiger partial charge in [-0.15, -0.1) is 0 Å². The lowest BCUT2D eigenvalue weighted by Crippen LogP contribution is -2.39. The van der Waals surface area contributed by atoms with Gasteiger partial charge in [-0.25, -0.2) is 4.79 Å². The summed E-state index contributed by atoms with van der Waals surface area (Å²) in [6.45, 7) is 3.85. The number of unbranched alkanes of at least 4 members (excludes halogenated alkanes) is 3. The van der Waals surface area contributed by atoms with Gasteiger partial charge in [0, 0.05) is 10.4 Å². The largest absolute Gasteiger partial charge is 0.476 e. The van der Waals surface area contributed by atoms with Gasteiger partial charge in [0.05, 0.1) is 6.61 Å². The van der Waals surface area contributed by atoms with Crippen LogP contribution in [0.25, 0.3) is 0 Å². The Hall–Kier alpha value is -0.740. The number of hydrogen-bond acceptors (Lipinski definition) is 3. The van der Waals surface area contributed by atoms with Gasteiger partial charge in [-0.2, -0.15) is 0 Å². The normalized spacial score (nSPS) is 11.2. The second-order valence-electron chi connectivity index (χ2n) is 5.31. The van der Waals surface area contributed by atoms with Crippen molar-refractivity contribution in [3.63, 3.8) is 0 Å². The molecule has 1 rings (SSSR count). The van der Waals surface area contributed by atoms with E-state index in [-0.39, 0.29) is 5.97 Å². The number of esters is 1. The van der Waals surface area contributed by atoms with E-state index < -0.39 is 5.60 Å². The summed E-state index contributed by atoms with van der Waals surface area (Å²) in [5.41, 5.74) is -1.01. The van der Waals surface area contributed by atoms with E-state index in [2.05, 4.69) is 15.9 Å². The molecule has 21 heavy (non-hydrogen) atoms. The predicted octanol–water partition coefficient (Wildman–Crippen LogP) is 5.00. The zero-order chi connectivity index (χ0) is 15.7. The monoisotopic (exact) mass is 376 g/mol. The fourth-order valence-corrected chi connectivity index (χ4v) is 2.25. The maximum Gasteiger partial charge on any atom is 0.349 e. The highest BCUT2D eigenvalue weighted by Gasteiger charge is 2.31. The number of rotatable bonds is 9. The van der Waals surface area contributed by atoms with Crippen molar-refractivity contribution in [2.45, 2.75) is 45.1 Å². The quantitative estimate of drug-likeness (QED) is 0.345. The van der Waals surface area contributed by atoms with Crippen molar-refractivity contribution in [3.8, 4) is 5.75 Å². The molecule has 0 saturated heterocycles. The fourth-order valence-electron chi connectivity index (χ4n) is 1.73. The van der Waals surface area contributed by atoms with Crippen LogP contribution in [-0.4, -0.2) is 23.5 Å². The van der Waals surface area contributed by atoms with E-state index in [1.54, 1.807) is 38.1 Å². The first-order valence-electron chi connectivity index (χ1n) is 7.13. The van der Waals surface area contributed by atoms with E-state index >= 15 is 0 Å².